The molecule has 0 saturated carbocycles. The number of furan rings is 1. The predicted molar refractivity (Wildman–Crippen MR) is 65.2 cm³/mol. The Kier molecular flexibility index (Phi) is 4.43. The van der Waals surface area contributed by atoms with Gasteiger partial charge in [0.25, 0.3) is 0 Å². The van der Waals surface area contributed by atoms with E-state index in [-0.39, 0.29) is 0 Å². The van der Waals surface area contributed by atoms with Crippen LogP contribution in [0.1, 0.15) is 37.0 Å². The van der Waals surface area contributed by atoms with Gasteiger partial charge in [0.2, 0.25) is 0 Å². The van der Waals surface area contributed by atoms with E-state index in [9.17, 15) is 0 Å². The highest BCUT2D eigenvalue weighted by atomic mass is 16.3. The Morgan fingerprint density at radius 1 is 1.25 bits per heavy atom. The van der Waals surface area contributed by atoms with Gasteiger partial charge in [-0.2, -0.15) is 0 Å². The van der Waals surface area contributed by atoms with E-state index in [1.165, 1.54) is 44.3 Å². The second-order valence-corrected chi connectivity index (χ2v) is 4.64. The third-order valence-electron chi connectivity index (χ3n) is 3.17. The zero-order chi connectivity index (χ0) is 11.2. The maximum atomic E-state index is 5.58. The Hall–Kier alpha value is -0.800. The summed E-state index contributed by atoms with van der Waals surface area (Å²) >= 11 is 0. The van der Waals surface area contributed by atoms with Crippen LogP contribution in [0.3, 0.4) is 0 Å². The second kappa shape index (κ2) is 6.06. The third kappa shape index (κ3) is 3.35. The summed E-state index contributed by atoms with van der Waals surface area (Å²) in [6, 6.07) is 2.17. The van der Waals surface area contributed by atoms with Crippen molar-refractivity contribution in [2.75, 3.05) is 20.1 Å². The van der Waals surface area contributed by atoms with E-state index in [2.05, 4.69) is 16.3 Å². The minimum atomic E-state index is 0.892. The van der Waals surface area contributed by atoms with E-state index >= 15 is 0 Å². The van der Waals surface area contributed by atoms with Gasteiger partial charge in [0.15, 0.2) is 0 Å². The molecular weight excluding hydrogens is 200 g/mol. The zero-order valence-electron chi connectivity index (χ0n) is 10.2. The SMILES string of the molecule is CNCc1coc(CN2CCCCCC2)c1. The summed E-state index contributed by atoms with van der Waals surface area (Å²) in [5.74, 6) is 1.10. The minimum Gasteiger partial charge on any atom is -0.468 e. The van der Waals surface area contributed by atoms with Crippen LogP contribution < -0.4 is 5.32 Å². The molecule has 16 heavy (non-hydrogen) atoms. The van der Waals surface area contributed by atoms with Crippen molar-refractivity contribution in [3.05, 3.63) is 23.7 Å². The summed E-state index contributed by atoms with van der Waals surface area (Å²) in [4.78, 5) is 2.51. The van der Waals surface area contributed by atoms with Gasteiger partial charge < -0.3 is 9.73 Å². The van der Waals surface area contributed by atoms with Gasteiger partial charge in [-0.1, -0.05) is 12.8 Å². The molecule has 0 bridgehead atoms. The standard InChI is InChI=1S/C13H22N2O/c1-14-9-12-8-13(16-11-12)10-15-6-4-2-3-5-7-15/h8,11,14H,2-7,9-10H2,1H3. The fourth-order valence-corrected chi connectivity index (χ4v) is 2.32. The van der Waals surface area contributed by atoms with Crippen molar-refractivity contribution in [3.8, 4) is 0 Å². The Morgan fingerprint density at radius 3 is 2.69 bits per heavy atom. The van der Waals surface area contributed by atoms with Gasteiger partial charge in [-0.05, 0) is 39.0 Å². The quantitative estimate of drug-likeness (QED) is 0.848. The van der Waals surface area contributed by atoms with E-state index in [0.717, 1.165) is 18.8 Å². The Labute approximate surface area is 97.8 Å². The fourth-order valence-electron chi connectivity index (χ4n) is 2.32. The molecule has 0 aliphatic carbocycles. The summed E-state index contributed by atoms with van der Waals surface area (Å²) in [6.45, 7) is 4.32. The van der Waals surface area contributed by atoms with Crippen molar-refractivity contribution in [1.29, 1.82) is 0 Å². The van der Waals surface area contributed by atoms with Crippen molar-refractivity contribution < 1.29 is 4.42 Å². The lowest BCUT2D eigenvalue weighted by atomic mass is 10.2. The van der Waals surface area contributed by atoms with Crippen LogP contribution >= 0.6 is 0 Å². The highest BCUT2D eigenvalue weighted by Gasteiger charge is 2.11. The molecule has 90 valence electrons. The molecule has 1 aromatic rings. The summed E-state index contributed by atoms with van der Waals surface area (Å²) in [7, 11) is 1.96. The average molecular weight is 222 g/mol. The number of nitrogens with one attached hydrogen (secondary N) is 1. The largest absolute Gasteiger partial charge is 0.468 e. The Balaban J connectivity index is 1.86. The van der Waals surface area contributed by atoms with Crippen molar-refractivity contribution >= 4 is 0 Å². The molecule has 1 N–H and O–H groups in total. The van der Waals surface area contributed by atoms with E-state index < -0.39 is 0 Å². The zero-order valence-corrected chi connectivity index (χ0v) is 10.2. The van der Waals surface area contributed by atoms with Crippen molar-refractivity contribution in [1.82, 2.24) is 10.2 Å². The summed E-state index contributed by atoms with van der Waals surface area (Å²) in [6.07, 6.45) is 7.32. The van der Waals surface area contributed by atoms with Gasteiger partial charge in [0.1, 0.15) is 5.76 Å². The van der Waals surface area contributed by atoms with Gasteiger partial charge in [-0.15, -0.1) is 0 Å². The monoisotopic (exact) mass is 222 g/mol. The molecule has 1 aromatic heterocycles. The molecule has 0 radical (unpaired) electrons. The molecule has 0 amide bonds. The fraction of sp³-hybridized carbons (Fsp3) is 0.692. The van der Waals surface area contributed by atoms with Crippen LogP contribution in [0, 0.1) is 0 Å². The smallest absolute Gasteiger partial charge is 0.118 e. The number of hydrogen-bond acceptors (Lipinski definition) is 3. The normalized spacial score (nSPS) is 18.6. The molecule has 1 fully saturated rings. The summed E-state index contributed by atoms with van der Waals surface area (Å²) in [5.41, 5.74) is 1.24. The minimum absolute atomic E-state index is 0.892. The van der Waals surface area contributed by atoms with Gasteiger partial charge in [0.05, 0.1) is 12.8 Å². The first-order valence-electron chi connectivity index (χ1n) is 6.32. The molecule has 1 saturated heterocycles. The second-order valence-electron chi connectivity index (χ2n) is 4.64. The Morgan fingerprint density at radius 2 is 2.00 bits per heavy atom. The van der Waals surface area contributed by atoms with Crippen molar-refractivity contribution in [2.45, 2.75) is 38.8 Å². The highest BCUT2D eigenvalue weighted by molar-refractivity contribution is 5.12. The van der Waals surface area contributed by atoms with Crippen molar-refractivity contribution in [2.24, 2.45) is 0 Å². The lowest BCUT2D eigenvalue weighted by Gasteiger charge is -2.17. The van der Waals surface area contributed by atoms with E-state index in [0.29, 0.717) is 0 Å². The van der Waals surface area contributed by atoms with Crippen LogP contribution in [0.15, 0.2) is 16.7 Å². The van der Waals surface area contributed by atoms with Crippen LogP contribution in [-0.4, -0.2) is 25.0 Å². The van der Waals surface area contributed by atoms with Crippen LogP contribution in [0.4, 0.5) is 0 Å². The molecule has 0 unspecified atom stereocenters. The Bertz CT molecular complexity index is 301. The van der Waals surface area contributed by atoms with E-state index in [1.807, 2.05) is 13.3 Å². The predicted octanol–water partition coefficient (Wildman–Crippen LogP) is 2.38. The van der Waals surface area contributed by atoms with Crippen LogP contribution in [0.25, 0.3) is 0 Å². The first-order chi connectivity index (χ1) is 7.88. The first kappa shape index (κ1) is 11.7. The average Bonchev–Trinajstić information content (AvgIpc) is 2.56. The topological polar surface area (TPSA) is 28.4 Å². The lowest BCUT2D eigenvalue weighted by Crippen LogP contribution is -2.23. The van der Waals surface area contributed by atoms with Gasteiger partial charge in [0, 0.05) is 12.1 Å². The van der Waals surface area contributed by atoms with E-state index in [4.69, 9.17) is 4.42 Å². The number of rotatable bonds is 4. The van der Waals surface area contributed by atoms with Gasteiger partial charge in [-0.25, -0.2) is 0 Å². The number of likely N-dealkylation sites (tertiary alicyclic amines) is 1. The third-order valence-corrected chi connectivity index (χ3v) is 3.17. The van der Waals surface area contributed by atoms with Crippen LogP contribution in [0.2, 0.25) is 0 Å². The molecule has 1 aliphatic rings. The molecule has 0 atom stereocenters. The van der Waals surface area contributed by atoms with Gasteiger partial charge >= 0.3 is 0 Å². The summed E-state index contributed by atoms with van der Waals surface area (Å²) < 4.78 is 5.58. The molecule has 3 heteroatoms. The maximum absolute atomic E-state index is 5.58. The maximum Gasteiger partial charge on any atom is 0.118 e. The van der Waals surface area contributed by atoms with Crippen LogP contribution in [-0.2, 0) is 13.1 Å². The molecule has 2 rings (SSSR count). The number of hydrogen-bond donors (Lipinski definition) is 1. The van der Waals surface area contributed by atoms with E-state index in [1.54, 1.807) is 0 Å². The summed E-state index contributed by atoms with van der Waals surface area (Å²) in [5, 5.41) is 3.14. The first-order valence-corrected chi connectivity index (χ1v) is 6.32. The van der Waals surface area contributed by atoms with Crippen molar-refractivity contribution in [3.63, 3.8) is 0 Å². The molecule has 1 aliphatic heterocycles. The van der Waals surface area contributed by atoms with Gasteiger partial charge in [-0.3, -0.25) is 4.90 Å². The molecule has 0 spiro atoms. The molecular formula is C13H22N2O. The molecule has 2 heterocycles. The highest BCUT2D eigenvalue weighted by Crippen LogP contribution is 2.15. The number of nitrogens with zero attached hydrogens (tertiary/aromatic N) is 1. The molecule has 3 nitrogen and oxygen atoms in total. The molecule has 0 aromatic carbocycles. The lowest BCUT2D eigenvalue weighted by molar-refractivity contribution is 0.253. The van der Waals surface area contributed by atoms with Crippen LogP contribution in [0.5, 0.6) is 0 Å².